The molecule has 2 unspecified atom stereocenters. The van der Waals surface area contributed by atoms with Crippen LogP contribution in [0.15, 0.2) is 6.20 Å². The van der Waals surface area contributed by atoms with E-state index in [9.17, 15) is 25.3 Å². The molecular formula is C9H12N4O5. The van der Waals surface area contributed by atoms with Crippen LogP contribution in [0.5, 0.6) is 0 Å². The minimum atomic E-state index is -0.779. The number of aliphatic hydroxyl groups excluding tert-OH is 1. The zero-order valence-corrected chi connectivity index (χ0v) is 9.43. The van der Waals surface area contributed by atoms with Gasteiger partial charge in [-0.2, -0.15) is 0 Å². The van der Waals surface area contributed by atoms with Gasteiger partial charge in [-0.1, -0.05) is 6.42 Å². The first-order chi connectivity index (χ1) is 8.50. The normalized spacial score (nSPS) is 23.8. The predicted molar refractivity (Wildman–Crippen MR) is 59.0 cm³/mol. The van der Waals surface area contributed by atoms with E-state index in [1.807, 2.05) is 0 Å². The minimum Gasteiger partial charge on any atom is -0.390 e. The molecule has 0 radical (unpaired) electrons. The molecule has 2 rings (SSSR count). The molecule has 0 bridgehead atoms. The summed E-state index contributed by atoms with van der Waals surface area (Å²) in [6.07, 6.45) is 3.06. The van der Waals surface area contributed by atoms with Crippen molar-refractivity contribution in [2.45, 2.75) is 37.8 Å². The summed E-state index contributed by atoms with van der Waals surface area (Å²) in [5.41, 5.74) is 0. The number of nitro groups is 2. The molecule has 0 aliphatic heterocycles. The van der Waals surface area contributed by atoms with E-state index in [0.717, 1.165) is 23.6 Å². The van der Waals surface area contributed by atoms with E-state index in [4.69, 9.17) is 0 Å². The van der Waals surface area contributed by atoms with Crippen LogP contribution in [0.4, 0.5) is 11.8 Å². The Hall–Kier alpha value is -2.03. The smallest absolute Gasteiger partial charge is 0.390 e. The van der Waals surface area contributed by atoms with Crippen molar-refractivity contribution < 1.29 is 15.0 Å². The van der Waals surface area contributed by atoms with Crippen molar-refractivity contribution >= 4 is 11.8 Å². The van der Waals surface area contributed by atoms with Crippen LogP contribution in [0, 0.1) is 20.2 Å². The van der Waals surface area contributed by atoms with Crippen LogP contribution in [0.1, 0.15) is 31.7 Å². The summed E-state index contributed by atoms with van der Waals surface area (Å²) >= 11 is 0. The van der Waals surface area contributed by atoms with Crippen LogP contribution < -0.4 is 0 Å². The average molecular weight is 256 g/mol. The van der Waals surface area contributed by atoms with E-state index >= 15 is 0 Å². The lowest BCUT2D eigenvalue weighted by Crippen LogP contribution is -2.27. The van der Waals surface area contributed by atoms with Crippen molar-refractivity contribution in [1.82, 2.24) is 9.55 Å². The molecule has 1 aromatic rings. The third-order valence-electron chi connectivity index (χ3n) is 3.10. The summed E-state index contributed by atoms with van der Waals surface area (Å²) in [6, 6.07) is -0.514. The van der Waals surface area contributed by atoms with Gasteiger partial charge in [0.05, 0.1) is 6.10 Å². The zero-order valence-electron chi connectivity index (χ0n) is 9.43. The molecule has 9 nitrogen and oxygen atoms in total. The number of aromatic nitrogens is 2. The fourth-order valence-electron chi connectivity index (χ4n) is 2.25. The number of hydrogen-bond acceptors (Lipinski definition) is 6. The molecule has 0 aromatic carbocycles. The van der Waals surface area contributed by atoms with Gasteiger partial charge < -0.3 is 25.3 Å². The lowest BCUT2D eigenvalue weighted by Gasteiger charge is -2.25. The van der Waals surface area contributed by atoms with E-state index in [1.165, 1.54) is 0 Å². The minimum absolute atomic E-state index is 0.514. The van der Waals surface area contributed by atoms with Crippen LogP contribution in [0.25, 0.3) is 0 Å². The van der Waals surface area contributed by atoms with Crippen molar-refractivity contribution in [3.8, 4) is 0 Å². The largest absolute Gasteiger partial charge is 0.439 e. The van der Waals surface area contributed by atoms with Gasteiger partial charge in [0.1, 0.15) is 6.04 Å². The maximum Gasteiger partial charge on any atom is 0.439 e. The molecule has 18 heavy (non-hydrogen) atoms. The number of rotatable bonds is 3. The molecule has 98 valence electrons. The summed E-state index contributed by atoms with van der Waals surface area (Å²) in [7, 11) is 0. The highest BCUT2D eigenvalue weighted by molar-refractivity contribution is 5.25. The van der Waals surface area contributed by atoms with Gasteiger partial charge in [0.15, 0.2) is 6.20 Å². The third-order valence-corrected chi connectivity index (χ3v) is 3.10. The van der Waals surface area contributed by atoms with Gasteiger partial charge in [0, 0.05) is 0 Å². The molecule has 1 aromatic heterocycles. The fourth-order valence-corrected chi connectivity index (χ4v) is 2.25. The summed E-state index contributed by atoms with van der Waals surface area (Å²) in [5, 5.41) is 31.3. The van der Waals surface area contributed by atoms with Crippen molar-refractivity contribution in [3.63, 3.8) is 0 Å². The van der Waals surface area contributed by atoms with Gasteiger partial charge in [0.25, 0.3) is 0 Å². The second-order valence-corrected chi connectivity index (χ2v) is 4.24. The van der Waals surface area contributed by atoms with Crippen LogP contribution in [0.3, 0.4) is 0 Å². The monoisotopic (exact) mass is 256 g/mol. The van der Waals surface area contributed by atoms with Crippen LogP contribution >= 0.6 is 0 Å². The van der Waals surface area contributed by atoms with E-state index in [1.54, 1.807) is 0 Å². The second-order valence-electron chi connectivity index (χ2n) is 4.24. The van der Waals surface area contributed by atoms with Crippen molar-refractivity contribution in [2.75, 3.05) is 0 Å². The SMILES string of the molecule is O=[N+]([O-])c1cn(C2CCCCC2O)c([N+](=O)[O-])n1. The Morgan fingerprint density at radius 2 is 1.94 bits per heavy atom. The van der Waals surface area contributed by atoms with E-state index in [2.05, 4.69) is 4.98 Å². The van der Waals surface area contributed by atoms with Crippen LogP contribution in [0.2, 0.25) is 0 Å². The number of nitrogens with zero attached hydrogens (tertiary/aromatic N) is 4. The Labute approximate surface area is 101 Å². The van der Waals surface area contributed by atoms with Gasteiger partial charge in [-0.3, -0.25) is 0 Å². The molecule has 9 heteroatoms. The Morgan fingerprint density at radius 3 is 2.50 bits per heavy atom. The molecule has 0 amide bonds. The maximum atomic E-state index is 10.8. The van der Waals surface area contributed by atoms with Crippen LogP contribution in [-0.4, -0.2) is 30.6 Å². The Balaban J connectivity index is 2.41. The molecule has 2 atom stereocenters. The lowest BCUT2D eigenvalue weighted by molar-refractivity contribution is -0.403. The Bertz CT molecular complexity index is 485. The summed E-state index contributed by atoms with van der Waals surface area (Å²) in [5.74, 6) is -1.16. The van der Waals surface area contributed by atoms with Crippen molar-refractivity contribution in [1.29, 1.82) is 0 Å². The number of aliphatic hydroxyl groups is 1. The fraction of sp³-hybridized carbons (Fsp3) is 0.667. The highest BCUT2D eigenvalue weighted by atomic mass is 16.6. The molecule has 0 saturated heterocycles. The highest BCUT2D eigenvalue weighted by Gasteiger charge is 2.34. The molecule has 1 fully saturated rings. The molecule has 1 aliphatic carbocycles. The molecule has 1 aliphatic rings. The van der Waals surface area contributed by atoms with Gasteiger partial charge in [-0.15, -0.1) is 0 Å². The van der Waals surface area contributed by atoms with Crippen molar-refractivity contribution in [2.24, 2.45) is 0 Å². The first kappa shape index (κ1) is 12.4. The second kappa shape index (κ2) is 4.69. The third kappa shape index (κ3) is 2.16. The first-order valence-corrected chi connectivity index (χ1v) is 5.56. The van der Waals surface area contributed by atoms with Gasteiger partial charge in [-0.05, 0) is 34.1 Å². The lowest BCUT2D eigenvalue weighted by atomic mass is 9.92. The Morgan fingerprint density at radius 1 is 1.28 bits per heavy atom. The molecule has 0 spiro atoms. The Kier molecular flexibility index (Phi) is 3.24. The van der Waals surface area contributed by atoms with E-state index < -0.39 is 33.8 Å². The quantitative estimate of drug-likeness (QED) is 0.639. The predicted octanol–water partition coefficient (Wildman–Crippen LogP) is 1.18. The summed E-state index contributed by atoms with van der Waals surface area (Å²) in [4.78, 5) is 23.2. The average Bonchev–Trinajstić information content (AvgIpc) is 2.74. The molecular weight excluding hydrogens is 244 g/mol. The highest BCUT2D eigenvalue weighted by Crippen LogP contribution is 2.33. The molecule has 1 saturated carbocycles. The van der Waals surface area contributed by atoms with E-state index in [-0.39, 0.29) is 0 Å². The van der Waals surface area contributed by atoms with Gasteiger partial charge in [0.2, 0.25) is 0 Å². The van der Waals surface area contributed by atoms with E-state index in [0.29, 0.717) is 12.8 Å². The standard InChI is InChI=1S/C9H12N4O5/c14-7-4-2-1-3-6(7)11-5-8(12(15)16)10-9(11)13(17)18/h5-7,14H,1-4H2. The topological polar surface area (TPSA) is 124 Å². The molecule has 1 heterocycles. The zero-order chi connectivity index (χ0) is 13.3. The molecule has 1 N–H and O–H groups in total. The number of hydrogen-bond donors (Lipinski definition) is 1. The van der Waals surface area contributed by atoms with Crippen molar-refractivity contribution in [3.05, 3.63) is 26.4 Å². The summed E-state index contributed by atoms with van der Waals surface area (Å²) < 4.78 is 1.11. The summed E-state index contributed by atoms with van der Waals surface area (Å²) in [6.45, 7) is 0. The first-order valence-electron chi connectivity index (χ1n) is 5.56. The van der Waals surface area contributed by atoms with Crippen LogP contribution in [-0.2, 0) is 0 Å². The van der Waals surface area contributed by atoms with Gasteiger partial charge >= 0.3 is 11.8 Å². The number of imidazole rings is 1. The maximum absolute atomic E-state index is 10.8. The van der Waals surface area contributed by atoms with Gasteiger partial charge in [-0.25, -0.2) is 4.57 Å².